The van der Waals surface area contributed by atoms with Gasteiger partial charge in [0, 0.05) is 82.0 Å². The van der Waals surface area contributed by atoms with Crippen molar-refractivity contribution in [2.45, 2.75) is 41.5 Å². The first kappa shape index (κ1) is 39.8. The fraction of sp³-hybridized carbons (Fsp3) is 0.100. The van der Waals surface area contributed by atoms with Crippen LogP contribution in [0, 0.1) is 0 Å². The number of benzene rings is 9. The second-order valence-electron chi connectivity index (χ2n) is 15.8. The molecule has 0 spiro atoms. The molecule has 14 aromatic rings. The van der Waals surface area contributed by atoms with E-state index in [0.717, 1.165) is 61.1 Å². The van der Waals surface area contributed by atoms with E-state index in [1.54, 1.807) is 0 Å². The Kier molecular flexibility index (Phi) is 9.77. The van der Waals surface area contributed by atoms with E-state index in [1.807, 2.05) is 53.7 Å². The Bertz CT molecular complexity index is 3990. The predicted molar refractivity (Wildman–Crippen MR) is 280 cm³/mol. The molecule has 0 atom stereocenters. The Morgan fingerprint density at radius 2 is 0.662 bits per heavy atom. The molecule has 5 heteroatoms. The molecule has 5 aromatic heterocycles. The lowest BCUT2D eigenvalue weighted by molar-refractivity contribution is 0.669. The van der Waals surface area contributed by atoms with Gasteiger partial charge < -0.3 is 23.1 Å². The molecule has 0 amide bonds. The van der Waals surface area contributed by atoms with E-state index >= 15 is 0 Å². The number of aromatic nitrogens is 4. The Morgan fingerprint density at radius 1 is 0.277 bits per heavy atom. The number of nitrogens with one attached hydrogen (secondary N) is 1. The van der Waals surface area contributed by atoms with Crippen molar-refractivity contribution in [2.75, 3.05) is 0 Å². The van der Waals surface area contributed by atoms with Gasteiger partial charge in [0.25, 0.3) is 0 Å². The lowest BCUT2D eigenvalue weighted by atomic mass is 10.1. The topological polar surface area (TPSA) is 43.7 Å². The highest BCUT2D eigenvalue weighted by molar-refractivity contribution is 6.20. The number of para-hydroxylation sites is 5. The highest BCUT2D eigenvalue weighted by Gasteiger charge is 2.20. The maximum absolute atomic E-state index is 6.28. The van der Waals surface area contributed by atoms with Crippen LogP contribution in [0.25, 0.3) is 126 Å². The molecular weight excluding hydrogens is 793 g/mol. The molecule has 9 aromatic carbocycles. The van der Waals surface area contributed by atoms with E-state index in [1.165, 1.54) is 65.2 Å². The summed E-state index contributed by atoms with van der Waals surface area (Å²) in [5.74, 6) is 0. The highest BCUT2D eigenvalue weighted by atomic mass is 16.3. The SMILES string of the molecule is CC.CC.CC.c1ccc2c(c1)oc1ccc(-n3c4ccc(-n5c6ccccc6c6ccccc65)cc4c4cc5c(cc43)[nH]c3ccc(-n4c6ccccc6c6ccccc64)cc35)cc12. The first-order chi connectivity index (χ1) is 32.2. The molecule has 14 rings (SSSR count). The fourth-order valence-corrected chi connectivity index (χ4v) is 10.2. The van der Waals surface area contributed by atoms with Crippen LogP contribution in [0.4, 0.5) is 0 Å². The zero-order valence-corrected chi connectivity index (χ0v) is 37.6. The van der Waals surface area contributed by atoms with Crippen LogP contribution in [-0.4, -0.2) is 18.7 Å². The average molecular weight is 843 g/mol. The molecule has 0 radical (unpaired) electrons. The van der Waals surface area contributed by atoms with Gasteiger partial charge in [-0.3, -0.25) is 0 Å². The van der Waals surface area contributed by atoms with Gasteiger partial charge in [0.2, 0.25) is 0 Å². The zero-order valence-electron chi connectivity index (χ0n) is 37.6. The molecule has 0 saturated heterocycles. The molecule has 0 aliphatic heterocycles. The van der Waals surface area contributed by atoms with Crippen molar-refractivity contribution in [3.8, 4) is 17.1 Å². The van der Waals surface area contributed by atoms with Gasteiger partial charge in [-0.2, -0.15) is 0 Å². The summed E-state index contributed by atoms with van der Waals surface area (Å²) in [4.78, 5) is 3.82. The summed E-state index contributed by atoms with van der Waals surface area (Å²) in [6.45, 7) is 12.0. The van der Waals surface area contributed by atoms with Crippen LogP contribution in [0.2, 0.25) is 0 Å². The van der Waals surface area contributed by atoms with Crippen molar-refractivity contribution in [1.82, 2.24) is 18.7 Å². The second-order valence-corrected chi connectivity index (χ2v) is 15.8. The zero-order chi connectivity index (χ0) is 44.3. The summed E-state index contributed by atoms with van der Waals surface area (Å²) in [5, 5.41) is 12.1. The first-order valence-electron chi connectivity index (χ1n) is 23.2. The van der Waals surface area contributed by atoms with Gasteiger partial charge in [0.15, 0.2) is 0 Å². The van der Waals surface area contributed by atoms with Crippen molar-refractivity contribution >= 4 is 109 Å². The van der Waals surface area contributed by atoms with Gasteiger partial charge in [-0.15, -0.1) is 0 Å². The van der Waals surface area contributed by atoms with Gasteiger partial charge in [-0.05, 0) is 97.1 Å². The van der Waals surface area contributed by atoms with Crippen LogP contribution >= 0.6 is 0 Å². The lowest BCUT2D eigenvalue weighted by Crippen LogP contribution is -1.95. The predicted octanol–water partition coefficient (Wildman–Crippen LogP) is 17.6. The molecule has 0 bridgehead atoms. The number of hydrogen-bond donors (Lipinski definition) is 1. The quantitative estimate of drug-likeness (QED) is 0.189. The molecule has 5 nitrogen and oxygen atoms in total. The Labute approximate surface area is 377 Å². The standard InChI is InChI=1S/C54H32N4O.3C2H6/c1-6-16-47-35(11-1)36-12-2-7-17-48(36)56(47)32-21-24-45-40(27-32)41-30-43-42-28-33(57-49-18-8-3-13-37(49)38-14-4-9-19-50(38)57)22-25-51(42)58(52(43)31-46(41)55-45)34-23-26-54-44(29-34)39-15-5-10-20-53(39)59-54;3*1-2/h1-31,55H;3*1-2H3. The minimum Gasteiger partial charge on any atom is -0.456 e. The molecule has 5 heterocycles. The van der Waals surface area contributed by atoms with Crippen LogP contribution in [0.3, 0.4) is 0 Å². The molecule has 0 fully saturated rings. The third kappa shape index (κ3) is 5.92. The van der Waals surface area contributed by atoms with Crippen LogP contribution in [0.1, 0.15) is 41.5 Å². The van der Waals surface area contributed by atoms with E-state index in [2.05, 4.69) is 195 Å². The monoisotopic (exact) mass is 842 g/mol. The summed E-state index contributed by atoms with van der Waals surface area (Å²) in [6.07, 6.45) is 0. The van der Waals surface area contributed by atoms with Crippen molar-refractivity contribution in [3.05, 3.63) is 188 Å². The summed E-state index contributed by atoms with van der Waals surface area (Å²) in [7, 11) is 0. The van der Waals surface area contributed by atoms with E-state index < -0.39 is 0 Å². The molecule has 0 aliphatic carbocycles. The van der Waals surface area contributed by atoms with Crippen molar-refractivity contribution < 1.29 is 4.42 Å². The first-order valence-corrected chi connectivity index (χ1v) is 23.2. The fourth-order valence-electron chi connectivity index (χ4n) is 10.2. The normalized spacial score (nSPS) is 11.5. The van der Waals surface area contributed by atoms with E-state index in [4.69, 9.17) is 4.42 Å². The lowest BCUT2D eigenvalue weighted by Gasteiger charge is -2.10. The molecule has 316 valence electrons. The van der Waals surface area contributed by atoms with Crippen LogP contribution in [0.5, 0.6) is 0 Å². The molecule has 65 heavy (non-hydrogen) atoms. The van der Waals surface area contributed by atoms with Gasteiger partial charge in [0.1, 0.15) is 11.2 Å². The number of hydrogen-bond acceptors (Lipinski definition) is 1. The van der Waals surface area contributed by atoms with Crippen molar-refractivity contribution in [2.24, 2.45) is 0 Å². The summed E-state index contributed by atoms with van der Waals surface area (Å²) in [6, 6.07) is 68.4. The smallest absolute Gasteiger partial charge is 0.135 e. The van der Waals surface area contributed by atoms with Crippen LogP contribution < -0.4 is 0 Å². The highest BCUT2D eigenvalue weighted by Crippen LogP contribution is 2.42. The minimum absolute atomic E-state index is 0.890. The van der Waals surface area contributed by atoms with Crippen molar-refractivity contribution in [3.63, 3.8) is 0 Å². The number of aromatic amines is 1. The second kappa shape index (κ2) is 16.0. The van der Waals surface area contributed by atoms with Gasteiger partial charge in [-0.1, -0.05) is 133 Å². The largest absolute Gasteiger partial charge is 0.456 e. The van der Waals surface area contributed by atoms with E-state index in [-0.39, 0.29) is 0 Å². The Hall–Kier alpha value is -8.02. The molecule has 0 aliphatic rings. The van der Waals surface area contributed by atoms with Crippen LogP contribution in [-0.2, 0) is 0 Å². The maximum atomic E-state index is 6.28. The summed E-state index contributed by atoms with van der Waals surface area (Å²) >= 11 is 0. The van der Waals surface area contributed by atoms with E-state index in [0.29, 0.717) is 0 Å². The van der Waals surface area contributed by atoms with Crippen molar-refractivity contribution in [1.29, 1.82) is 0 Å². The van der Waals surface area contributed by atoms with E-state index in [9.17, 15) is 0 Å². The number of fused-ring (bicyclic) bond motifs is 15. The Morgan fingerprint density at radius 3 is 1.23 bits per heavy atom. The average Bonchev–Trinajstić information content (AvgIpc) is 4.18. The molecule has 1 N–H and O–H groups in total. The molecule has 0 saturated carbocycles. The number of H-pyrrole nitrogens is 1. The summed E-state index contributed by atoms with van der Waals surface area (Å²) in [5.41, 5.74) is 14.5. The number of rotatable bonds is 3. The summed E-state index contributed by atoms with van der Waals surface area (Å²) < 4.78 is 13.5. The van der Waals surface area contributed by atoms with Gasteiger partial charge in [0.05, 0.1) is 33.1 Å². The molecular formula is C60H50N4O. The third-order valence-electron chi connectivity index (χ3n) is 12.7. The minimum atomic E-state index is 0.890. The Balaban J connectivity index is 0.000000753. The number of furan rings is 1. The van der Waals surface area contributed by atoms with Crippen LogP contribution in [0.15, 0.2) is 192 Å². The number of nitrogens with zero attached hydrogens (tertiary/aromatic N) is 3. The van der Waals surface area contributed by atoms with Gasteiger partial charge in [-0.25, -0.2) is 0 Å². The third-order valence-corrected chi connectivity index (χ3v) is 12.7. The maximum Gasteiger partial charge on any atom is 0.135 e. The molecule has 0 unspecified atom stereocenters. The van der Waals surface area contributed by atoms with Gasteiger partial charge >= 0.3 is 0 Å².